The summed E-state index contributed by atoms with van der Waals surface area (Å²) in [6.07, 6.45) is -0.569. The SMILES string of the molecule is CCOc1c(N)cccc1C(=O)NCC(O)C(C)C. The number of aliphatic hydroxyl groups excluding tert-OH is 1. The minimum Gasteiger partial charge on any atom is -0.491 e. The Morgan fingerprint density at radius 2 is 2.16 bits per heavy atom. The van der Waals surface area contributed by atoms with E-state index in [9.17, 15) is 9.90 Å². The standard InChI is InChI=1S/C14H22N2O3/c1-4-19-13-10(6-5-7-11(13)15)14(18)16-8-12(17)9(2)3/h5-7,9,12,17H,4,8,15H2,1-3H3,(H,16,18). The van der Waals surface area contributed by atoms with Crippen LogP contribution in [0, 0.1) is 5.92 Å². The smallest absolute Gasteiger partial charge is 0.255 e. The molecule has 0 fully saturated rings. The summed E-state index contributed by atoms with van der Waals surface area (Å²) in [4.78, 5) is 12.1. The van der Waals surface area contributed by atoms with Gasteiger partial charge in [0.25, 0.3) is 5.91 Å². The zero-order valence-corrected chi connectivity index (χ0v) is 11.6. The minimum atomic E-state index is -0.569. The summed E-state index contributed by atoms with van der Waals surface area (Å²) >= 11 is 0. The Morgan fingerprint density at radius 3 is 2.74 bits per heavy atom. The van der Waals surface area contributed by atoms with E-state index in [1.165, 1.54) is 0 Å². The van der Waals surface area contributed by atoms with E-state index in [1.54, 1.807) is 18.2 Å². The van der Waals surface area contributed by atoms with Crippen LogP contribution in [0.1, 0.15) is 31.1 Å². The monoisotopic (exact) mass is 266 g/mol. The Kier molecular flexibility index (Phi) is 5.63. The fraction of sp³-hybridized carbons (Fsp3) is 0.500. The number of rotatable bonds is 6. The lowest BCUT2D eigenvalue weighted by molar-refractivity contribution is 0.0868. The first-order valence-corrected chi connectivity index (χ1v) is 6.44. The highest BCUT2D eigenvalue weighted by Crippen LogP contribution is 2.26. The molecular weight excluding hydrogens is 244 g/mol. The second-order valence-corrected chi connectivity index (χ2v) is 4.68. The van der Waals surface area contributed by atoms with E-state index in [1.807, 2.05) is 20.8 Å². The average molecular weight is 266 g/mol. The van der Waals surface area contributed by atoms with Gasteiger partial charge in [0.15, 0.2) is 5.75 Å². The first-order chi connectivity index (χ1) is 8.97. The first-order valence-electron chi connectivity index (χ1n) is 6.44. The Balaban J connectivity index is 2.79. The van der Waals surface area contributed by atoms with Crippen molar-refractivity contribution in [3.63, 3.8) is 0 Å². The van der Waals surface area contributed by atoms with Crippen LogP contribution in [0.2, 0.25) is 0 Å². The van der Waals surface area contributed by atoms with Gasteiger partial charge < -0.3 is 20.9 Å². The van der Waals surface area contributed by atoms with Crippen LogP contribution in [-0.4, -0.2) is 30.3 Å². The van der Waals surface area contributed by atoms with Gasteiger partial charge in [-0.2, -0.15) is 0 Å². The van der Waals surface area contributed by atoms with Crippen molar-refractivity contribution in [3.8, 4) is 5.75 Å². The maximum absolute atomic E-state index is 12.1. The summed E-state index contributed by atoms with van der Waals surface area (Å²) in [7, 11) is 0. The number of hydrogen-bond donors (Lipinski definition) is 3. The molecule has 0 aromatic heterocycles. The van der Waals surface area contributed by atoms with Gasteiger partial charge in [0.2, 0.25) is 0 Å². The molecule has 0 spiro atoms. The number of nitrogens with two attached hydrogens (primary N) is 1. The fourth-order valence-corrected chi connectivity index (χ4v) is 1.57. The van der Waals surface area contributed by atoms with E-state index in [0.29, 0.717) is 23.6 Å². The third kappa shape index (κ3) is 4.13. The predicted molar refractivity (Wildman–Crippen MR) is 75.2 cm³/mol. The predicted octanol–water partition coefficient (Wildman–Crippen LogP) is 1.41. The molecule has 1 aromatic rings. The maximum Gasteiger partial charge on any atom is 0.255 e. The number of anilines is 1. The quantitative estimate of drug-likeness (QED) is 0.680. The molecule has 0 aliphatic carbocycles. The minimum absolute atomic E-state index is 0.0903. The number of amides is 1. The van der Waals surface area contributed by atoms with Gasteiger partial charge in [-0.25, -0.2) is 0 Å². The number of aliphatic hydroxyl groups is 1. The number of nitrogen functional groups attached to an aromatic ring is 1. The Bertz CT molecular complexity index is 433. The van der Waals surface area contributed by atoms with Gasteiger partial charge in [-0.1, -0.05) is 19.9 Å². The normalized spacial score (nSPS) is 12.3. The summed E-state index contributed by atoms with van der Waals surface area (Å²) in [6, 6.07) is 5.04. The third-order valence-electron chi connectivity index (χ3n) is 2.82. The molecule has 0 radical (unpaired) electrons. The fourth-order valence-electron chi connectivity index (χ4n) is 1.57. The van der Waals surface area contributed by atoms with Gasteiger partial charge in [-0.3, -0.25) is 4.79 Å². The zero-order chi connectivity index (χ0) is 14.4. The van der Waals surface area contributed by atoms with Gasteiger partial charge in [-0.05, 0) is 25.0 Å². The molecule has 5 nitrogen and oxygen atoms in total. The molecule has 0 saturated carbocycles. The number of ether oxygens (including phenoxy) is 1. The summed E-state index contributed by atoms with van der Waals surface area (Å²) in [5.74, 6) is 0.185. The molecule has 1 unspecified atom stereocenters. The summed E-state index contributed by atoms with van der Waals surface area (Å²) in [5, 5.41) is 12.4. The molecule has 0 bridgehead atoms. The number of benzene rings is 1. The molecule has 5 heteroatoms. The second kappa shape index (κ2) is 6.99. The van der Waals surface area contributed by atoms with Crippen molar-refractivity contribution in [2.75, 3.05) is 18.9 Å². The molecular formula is C14H22N2O3. The van der Waals surface area contributed by atoms with Crippen LogP contribution in [0.15, 0.2) is 18.2 Å². The molecule has 0 saturated heterocycles. The average Bonchev–Trinajstić information content (AvgIpc) is 2.37. The van der Waals surface area contributed by atoms with E-state index in [0.717, 1.165) is 0 Å². The first kappa shape index (κ1) is 15.3. The molecule has 1 atom stereocenters. The summed E-state index contributed by atoms with van der Waals surface area (Å²) in [6.45, 7) is 6.25. The zero-order valence-electron chi connectivity index (χ0n) is 11.6. The molecule has 0 heterocycles. The highest BCUT2D eigenvalue weighted by Gasteiger charge is 2.16. The van der Waals surface area contributed by atoms with E-state index in [2.05, 4.69) is 5.32 Å². The van der Waals surface area contributed by atoms with Crippen LogP contribution in [-0.2, 0) is 0 Å². The highest BCUT2D eigenvalue weighted by atomic mass is 16.5. The number of carbonyl (C=O) groups excluding carboxylic acids is 1. The Labute approximate surface area is 113 Å². The van der Waals surface area contributed by atoms with Crippen LogP contribution in [0.4, 0.5) is 5.69 Å². The van der Waals surface area contributed by atoms with Gasteiger partial charge in [0.05, 0.1) is 24.0 Å². The maximum atomic E-state index is 12.1. The largest absolute Gasteiger partial charge is 0.491 e. The van der Waals surface area contributed by atoms with Crippen molar-refractivity contribution >= 4 is 11.6 Å². The lowest BCUT2D eigenvalue weighted by atomic mass is 10.1. The Morgan fingerprint density at radius 1 is 1.47 bits per heavy atom. The van der Waals surface area contributed by atoms with Crippen LogP contribution < -0.4 is 15.8 Å². The molecule has 1 aromatic carbocycles. The number of nitrogens with one attached hydrogen (secondary N) is 1. The molecule has 0 aliphatic rings. The third-order valence-corrected chi connectivity index (χ3v) is 2.82. The van der Waals surface area contributed by atoms with Crippen LogP contribution >= 0.6 is 0 Å². The highest BCUT2D eigenvalue weighted by molar-refractivity contribution is 5.98. The van der Waals surface area contributed by atoms with Crippen LogP contribution in [0.5, 0.6) is 5.75 Å². The van der Waals surface area contributed by atoms with E-state index in [4.69, 9.17) is 10.5 Å². The summed E-state index contributed by atoms with van der Waals surface area (Å²) in [5.41, 5.74) is 6.61. The molecule has 1 rings (SSSR count). The Hall–Kier alpha value is -1.75. The lowest BCUT2D eigenvalue weighted by Gasteiger charge is -2.16. The molecule has 19 heavy (non-hydrogen) atoms. The van der Waals surface area contributed by atoms with Crippen molar-refractivity contribution < 1.29 is 14.6 Å². The van der Waals surface area contributed by atoms with Crippen molar-refractivity contribution in [1.82, 2.24) is 5.32 Å². The molecule has 106 valence electrons. The van der Waals surface area contributed by atoms with Gasteiger partial charge in [0, 0.05) is 6.54 Å². The van der Waals surface area contributed by atoms with Crippen molar-refractivity contribution in [2.24, 2.45) is 5.92 Å². The van der Waals surface area contributed by atoms with E-state index in [-0.39, 0.29) is 18.4 Å². The van der Waals surface area contributed by atoms with Crippen molar-refractivity contribution in [3.05, 3.63) is 23.8 Å². The molecule has 1 amide bonds. The summed E-state index contributed by atoms with van der Waals surface area (Å²) < 4.78 is 5.39. The van der Waals surface area contributed by atoms with E-state index >= 15 is 0 Å². The number of carbonyl (C=O) groups is 1. The lowest BCUT2D eigenvalue weighted by Crippen LogP contribution is -2.35. The second-order valence-electron chi connectivity index (χ2n) is 4.68. The molecule has 0 aliphatic heterocycles. The topological polar surface area (TPSA) is 84.6 Å². The van der Waals surface area contributed by atoms with Crippen molar-refractivity contribution in [1.29, 1.82) is 0 Å². The van der Waals surface area contributed by atoms with Gasteiger partial charge >= 0.3 is 0 Å². The van der Waals surface area contributed by atoms with E-state index < -0.39 is 6.10 Å². The van der Waals surface area contributed by atoms with Crippen LogP contribution in [0.3, 0.4) is 0 Å². The number of hydrogen-bond acceptors (Lipinski definition) is 4. The number of para-hydroxylation sites is 1. The van der Waals surface area contributed by atoms with Gasteiger partial charge in [-0.15, -0.1) is 0 Å². The van der Waals surface area contributed by atoms with Crippen LogP contribution in [0.25, 0.3) is 0 Å². The van der Waals surface area contributed by atoms with Crippen molar-refractivity contribution in [2.45, 2.75) is 26.9 Å². The molecule has 4 N–H and O–H groups in total. The van der Waals surface area contributed by atoms with Gasteiger partial charge in [0.1, 0.15) is 0 Å².